The average molecular weight is 276 g/mol. The van der Waals surface area contributed by atoms with Gasteiger partial charge in [-0.2, -0.15) is 0 Å². The fourth-order valence-corrected chi connectivity index (χ4v) is 3.60. The third-order valence-corrected chi connectivity index (χ3v) is 4.66. The zero-order valence-corrected chi connectivity index (χ0v) is 11.7. The van der Waals surface area contributed by atoms with Gasteiger partial charge in [0.05, 0.1) is 0 Å². The zero-order valence-electron chi connectivity index (χ0n) is 10.9. The van der Waals surface area contributed by atoms with Gasteiger partial charge in [-0.25, -0.2) is 4.39 Å². The van der Waals surface area contributed by atoms with Gasteiger partial charge in [0.2, 0.25) is 0 Å². The van der Waals surface area contributed by atoms with Crippen molar-refractivity contribution in [3.63, 3.8) is 0 Å². The van der Waals surface area contributed by atoms with Crippen molar-refractivity contribution >= 4 is 17.0 Å². The molecule has 0 aliphatic carbocycles. The summed E-state index contributed by atoms with van der Waals surface area (Å²) < 4.78 is 14.0. The topological polar surface area (TPSA) is 29.3 Å². The van der Waals surface area contributed by atoms with Gasteiger partial charge in [-0.3, -0.25) is 0 Å². The lowest BCUT2D eigenvalue weighted by molar-refractivity contribution is 0.589. The van der Waals surface area contributed by atoms with Crippen LogP contribution in [0.25, 0.3) is 0 Å². The maximum Gasteiger partial charge on any atom is 0.130 e. The van der Waals surface area contributed by atoms with Crippen molar-refractivity contribution in [1.82, 2.24) is 0 Å². The van der Waals surface area contributed by atoms with Crippen LogP contribution in [0.3, 0.4) is 0 Å². The highest BCUT2D eigenvalue weighted by atomic mass is 32.1. The normalized spacial score (nSPS) is 16.3. The Bertz CT molecular complexity index is 592. The molecule has 4 heteroatoms. The van der Waals surface area contributed by atoms with Gasteiger partial charge in [-0.15, -0.1) is 11.3 Å². The van der Waals surface area contributed by atoms with Crippen LogP contribution in [0.1, 0.15) is 29.0 Å². The second-order valence-corrected chi connectivity index (χ2v) is 6.00. The number of nitrogens with two attached hydrogens (primary N) is 1. The van der Waals surface area contributed by atoms with Crippen LogP contribution >= 0.6 is 11.3 Å². The molecule has 19 heavy (non-hydrogen) atoms. The molecule has 100 valence electrons. The molecule has 3 rings (SSSR count). The molecule has 0 saturated carbocycles. The van der Waals surface area contributed by atoms with E-state index in [0.29, 0.717) is 5.56 Å². The maximum absolute atomic E-state index is 14.0. The number of fused-ring (bicyclic) bond motifs is 1. The number of rotatable bonds is 2. The molecule has 1 aromatic carbocycles. The van der Waals surface area contributed by atoms with Gasteiger partial charge in [-0.05, 0) is 42.5 Å². The fraction of sp³-hybridized carbons (Fsp3) is 0.333. The van der Waals surface area contributed by atoms with Gasteiger partial charge >= 0.3 is 0 Å². The molecule has 0 spiro atoms. The molecule has 2 aromatic rings. The van der Waals surface area contributed by atoms with E-state index in [1.165, 1.54) is 16.5 Å². The van der Waals surface area contributed by atoms with Crippen molar-refractivity contribution in [3.05, 3.63) is 51.5 Å². The predicted molar refractivity (Wildman–Crippen MR) is 78.1 cm³/mol. The lowest BCUT2D eigenvalue weighted by Gasteiger charge is -2.31. The minimum Gasteiger partial charge on any atom is -0.366 e. The van der Waals surface area contributed by atoms with Crippen LogP contribution in [-0.2, 0) is 13.0 Å². The molecule has 2 heterocycles. The van der Waals surface area contributed by atoms with Crippen molar-refractivity contribution < 1.29 is 4.39 Å². The van der Waals surface area contributed by atoms with E-state index >= 15 is 0 Å². The van der Waals surface area contributed by atoms with E-state index in [4.69, 9.17) is 5.73 Å². The minimum absolute atomic E-state index is 0.205. The van der Waals surface area contributed by atoms with Gasteiger partial charge in [0.1, 0.15) is 5.82 Å². The lowest BCUT2D eigenvalue weighted by atomic mass is 10.0. The van der Waals surface area contributed by atoms with Crippen molar-refractivity contribution in [2.24, 2.45) is 5.73 Å². The predicted octanol–water partition coefficient (Wildman–Crippen LogP) is 3.47. The van der Waals surface area contributed by atoms with Crippen LogP contribution in [0.15, 0.2) is 29.6 Å². The summed E-state index contributed by atoms with van der Waals surface area (Å²) >= 11 is 1.81. The van der Waals surface area contributed by atoms with E-state index < -0.39 is 0 Å². The average Bonchev–Trinajstić information content (AvgIpc) is 2.85. The number of hydrogen-bond acceptors (Lipinski definition) is 3. The highest BCUT2D eigenvalue weighted by Gasteiger charge is 2.22. The quantitative estimate of drug-likeness (QED) is 0.910. The Morgan fingerprint density at radius 2 is 2.21 bits per heavy atom. The molecule has 1 aromatic heterocycles. The number of nitrogens with zero attached hydrogens (tertiary/aromatic N) is 1. The summed E-state index contributed by atoms with van der Waals surface area (Å²) in [6.45, 7) is 3.61. The zero-order chi connectivity index (χ0) is 13.4. The molecule has 2 N–H and O–H groups in total. The molecule has 1 aliphatic heterocycles. The Morgan fingerprint density at radius 3 is 3.00 bits per heavy atom. The van der Waals surface area contributed by atoms with Gasteiger partial charge in [0, 0.05) is 35.3 Å². The van der Waals surface area contributed by atoms with Crippen LogP contribution in [0.5, 0.6) is 0 Å². The Kier molecular flexibility index (Phi) is 3.29. The molecule has 1 aliphatic rings. The van der Waals surface area contributed by atoms with Gasteiger partial charge in [-0.1, -0.05) is 6.07 Å². The summed E-state index contributed by atoms with van der Waals surface area (Å²) in [5.74, 6) is -0.205. The molecule has 0 amide bonds. The second-order valence-electron chi connectivity index (χ2n) is 5.00. The van der Waals surface area contributed by atoms with Crippen LogP contribution in [0.4, 0.5) is 10.1 Å². The third-order valence-electron chi connectivity index (χ3n) is 3.63. The Labute approximate surface area is 116 Å². The number of anilines is 1. The van der Waals surface area contributed by atoms with E-state index in [2.05, 4.69) is 16.3 Å². The van der Waals surface area contributed by atoms with Crippen LogP contribution in [0.2, 0.25) is 0 Å². The monoisotopic (exact) mass is 276 g/mol. The molecule has 0 fully saturated rings. The van der Waals surface area contributed by atoms with Gasteiger partial charge < -0.3 is 10.6 Å². The van der Waals surface area contributed by atoms with E-state index in [0.717, 1.165) is 25.2 Å². The Morgan fingerprint density at radius 1 is 1.37 bits per heavy atom. The maximum atomic E-state index is 14.0. The molecular weight excluding hydrogens is 259 g/mol. The van der Waals surface area contributed by atoms with Gasteiger partial charge in [0.15, 0.2) is 0 Å². The molecule has 2 nitrogen and oxygen atoms in total. The number of hydrogen-bond donors (Lipinski definition) is 1. The SMILES string of the molecule is CC(N)c1c(F)cccc1N1CCc2sccc2C1. The molecule has 1 unspecified atom stereocenters. The van der Waals surface area contributed by atoms with Crippen LogP contribution in [0, 0.1) is 5.82 Å². The summed E-state index contributed by atoms with van der Waals surface area (Å²) in [7, 11) is 0. The van der Waals surface area contributed by atoms with Crippen molar-refractivity contribution in [2.45, 2.75) is 25.9 Å². The largest absolute Gasteiger partial charge is 0.366 e. The number of thiophene rings is 1. The first-order chi connectivity index (χ1) is 9.16. The fourth-order valence-electron chi connectivity index (χ4n) is 2.71. The van der Waals surface area contributed by atoms with E-state index in [1.807, 2.05) is 24.3 Å². The summed E-state index contributed by atoms with van der Waals surface area (Å²) in [6.07, 6.45) is 1.03. The Hall–Kier alpha value is -1.39. The highest BCUT2D eigenvalue weighted by molar-refractivity contribution is 7.10. The minimum atomic E-state index is -0.292. The first-order valence-corrected chi connectivity index (χ1v) is 7.39. The third kappa shape index (κ3) is 2.26. The Balaban J connectivity index is 1.98. The molecule has 0 saturated heterocycles. The summed E-state index contributed by atoms with van der Waals surface area (Å²) in [4.78, 5) is 3.69. The summed E-state index contributed by atoms with van der Waals surface area (Å²) in [5, 5.41) is 2.13. The number of benzene rings is 1. The molecular formula is C15H17FN2S. The standard InChI is InChI=1S/C15H17FN2S/c1-10(17)15-12(16)3-2-4-13(15)18-7-5-14-11(9-18)6-8-19-14/h2-4,6,8,10H,5,7,9,17H2,1H3. The smallest absolute Gasteiger partial charge is 0.130 e. The summed E-state index contributed by atoms with van der Waals surface area (Å²) in [5.41, 5.74) is 8.85. The van der Waals surface area contributed by atoms with E-state index in [1.54, 1.807) is 6.07 Å². The first-order valence-electron chi connectivity index (χ1n) is 6.51. The van der Waals surface area contributed by atoms with E-state index in [-0.39, 0.29) is 11.9 Å². The molecule has 0 bridgehead atoms. The molecule has 0 radical (unpaired) electrons. The van der Waals surface area contributed by atoms with Gasteiger partial charge in [0.25, 0.3) is 0 Å². The van der Waals surface area contributed by atoms with Crippen molar-refractivity contribution in [2.75, 3.05) is 11.4 Å². The first kappa shape index (κ1) is 12.6. The number of halogens is 1. The van der Waals surface area contributed by atoms with Crippen LogP contribution in [-0.4, -0.2) is 6.54 Å². The lowest BCUT2D eigenvalue weighted by Crippen LogP contribution is -2.31. The summed E-state index contributed by atoms with van der Waals surface area (Å²) in [6, 6.07) is 7.10. The highest BCUT2D eigenvalue weighted by Crippen LogP contribution is 2.32. The van der Waals surface area contributed by atoms with Crippen LogP contribution < -0.4 is 10.6 Å². The van der Waals surface area contributed by atoms with E-state index in [9.17, 15) is 4.39 Å². The molecule has 1 atom stereocenters. The van der Waals surface area contributed by atoms with Crippen molar-refractivity contribution in [3.8, 4) is 0 Å². The van der Waals surface area contributed by atoms with Crippen molar-refractivity contribution in [1.29, 1.82) is 0 Å². The second kappa shape index (κ2) is 4.94.